The van der Waals surface area contributed by atoms with Gasteiger partial charge in [-0.05, 0) is 12.1 Å². The molecule has 0 amide bonds. The highest BCUT2D eigenvalue weighted by Gasteiger charge is 2.03. The topological polar surface area (TPSA) is 28.7 Å². The Kier molecular flexibility index (Phi) is 2.07. The van der Waals surface area contributed by atoms with Gasteiger partial charge in [-0.15, -0.1) is 6.58 Å². The molecular weight excluding hydrogens is 184 g/mol. The first-order chi connectivity index (χ1) is 6.31. The van der Waals surface area contributed by atoms with Gasteiger partial charge in [0, 0.05) is 6.42 Å². The molecule has 0 fully saturated rings. The molecule has 2 rings (SSSR count). The van der Waals surface area contributed by atoms with Crippen LogP contribution in [0.2, 0.25) is 5.02 Å². The van der Waals surface area contributed by atoms with E-state index in [2.05, 4.69) is 16.5 Å². The fourth-order valence-electron chi connectivity index (χ4n) is 1.28. The van der Waals surface area contributed by atoms with Crippen LogP contribution < -0.4 is 0 Å². The summed E-state index contributed by atoms with van der Waals surface area (Å²) >= 11 is 5.96. The van der Waals surface area contributed by atoms with Crippen molar-refractivity contribution in [1.82, 2.24) is 9.97 Å². The summed E-state index contributed by atoms with van der Waals surface area (Å²) < 4.78 is 0. The van der Waals surface area contributed by atoms with E-state index >= 15 is 0 Å². The third-order valence-electron chi connectivity index (χ3n) is 1.85. The van der Waals surface area contributed by atoms with Crippen LogP contribution in [0.1, 0.15) is 5.82 Å². The Morgan fingerprint density at radius 3 is 3.08 bits per heavy atom. The number of imidazole rings is 1. The van der Waals surface area contributed by atoms with Gasteiger partial charge in [-0.25, -0.2) is 4.98 Å². The van der Waals surface area contributed by atoms with Gasteiger partial charge in [0.15, 0.2) is 0 Å². The molecule has 0 aliphatic heterocycles. The number of hydrogen-bond acceptors (Lipinski definition) is 1. The molecule has 0 saturated carbocycles. The number of allylic oxidation sites excluding steroid dienone is 1. The Morgan fingerprint density at radius 2 is 2.38 bits per heavy atom. The summed E-state index contributed by atoms with van der Waals surface area (Å²) in [4.78, 5) is 7.51. The van der Waals surface area contributed by atoms with Crippen molar-refractivity contribution >= 4 is 22.6 Å². The van der Waals surface area contributed by atoms with Gasteiger partial charge in [0.25, 0.3) is 0 Å². The van der Waals surface area contributed by atoms with Crippen molar-refractivity contribution in [2.75, 3.05) is 0 Å². The van der Waals surface area contributed by atoms with E-state index in [1.807, 2.05) is 24.3 Å². The quantitative estimate of drug-likeness (QED) is 0.729. The van der Waals surface area contributed by atoms with E-state index in [0.29, 0.717) is 5.02 Å². The number of aromatic nitrogens is 2. The summed E-state index contributed by atoms with van der Waals surface area (Å²) in [5.74, 6) is 0.901. The van der Waals surface area contributed by atoms with Crippen LogP contribution in [-0.4, -0.2) is 9.97 Å². The second kappa shape index (κ2) is 3.23. The highest BCUT2D eigenvalue weighted by molar-refractivity contribution is 6.34. The van der Waals surface area contributed by atoms with Crippen molar-refractivity contribution in [1.29, 1.82) is 0 Å². The average Bonchev–Trinajstić information content (AvgIpc) is 2.49. The van der Waals surface area contributed by atoms with E-state index in [1.54, 1.807) is 0 Å². The Bertz CT molecular complexity index is 445. The predicted octanol–water partition coefficient (Wildman–Crippen LogP) is 2.94. The standard InChI is InChI=1S/C10H9ClN2/c1-2-4-9-12-8-6-3-5-7(11)10(8)13-9/h2-3,5-6H,1,4H2,(H,12,13). The van der Waals surface area contributed by atoms with E-state index in [4.69, 9.17) is 11.6 Å². The molecule has 1 aromatic heterocycles. The summed E-state index contributed by atoms with van der Waals surface area (Å²) in [6.07, 6.45) is 2.55. The first kappa shape index (κ1) is 8.32. The van der Waals surface area contributed by atoms with Crippen LogP contribution in [0.3, 0.4) is 0 Å². The fraction of sp³-hybridized carbons (Fsp3) is 0.100. The van der Waals surface area contributed by atoms with Gasteiger partial charge in [-0.1, -0.05) is 23.7 Å². The van der Waals surface area contributed by atoms with Gasteiger partial charge in [-0.2, -0.15) is 0 Å². The zero-order chi connectivity index (χ0) is 9.26. The number of para-hydroxylation sites is 1. The molecule has 2 aromatic rings. The minimum atomic E-state index is 0.684. The Hall–Kier alpha value is -1.28. The first-order valence-corrected chi connectivity index (χ1v) is 4.43. The number of hydrogen-bond donors (Lipinski definition) is 1. The molecule has 2 nitrogen and oxygen atoms in total. The molecule has 1 aromatic carbocycles. The molecule has 66 valence electrons. The van der Waals surface area contributed by atoms with Gasteiger partial charge < -0.3 is 4.98 Å². The molecule has 1 heterocycles. The second-order valence-corrected chi connectivity index (χ2v) is 3.22. The number of H-pyrrole nitrogens is 1. The Morgan fingerprint density at radius 1 is 1.54 bits per heavy atom. The molecule has 13 heavy (non-hydrogen) atoms. The number of nitrogens with zero attached hydrogens (tertiary/aromatic N) is 1. The zero-order valence-corrected chi connectivity index (χ0v) is 7.80. The third kappa shape index (κ3) is 1.45. The smallest absolute Gasteiger partial charge is 0.111 e. The molecule has 0 aliphatic carbocycles. The highest BCUT2D eigenvalue weighted by atomic mass is 35.5. The Balaban J connectivity index is 2.61. The molecule has 0 radical (unpaired) electrons. The monoisotopic (exact) mass is 192 g/mol. The van der Waals surface area contributed by atoms with Gasteiger partial charge in [0.05, 0.1) is 10.5 Å². The van der Waals surface area contributed by atoms with Crippen molar-refractivity contribution in [2.24, 2.45) is 0 Å². The molecule has 0 bridgehead atoms. The van der Waals surface area contributed by atoms with Gasteiger partial charge in [-0.3, -0.25) is 0 Å². The SMILES string of the molecule is C=CCc1nc2c(Cl)cccc2[nH]1. The molecule has 0 atom stereocenters. The summed E-state index contributed by atoms with van der Waals surface area (Å²) in [6, 6.07) is 5.70. The van der Waals surface area contributed by atoms with E-state index in [9.17, 15) is 0 Å². The van der Waals surface area contributed by atoms with E-state index in [1.165, 1.54) is 0 Å². The lowest BCUT2D eigenvalue weighted by Crippen LogP contribution is -1.81. The van der Waals surface area contributed by atoms with Crippen molar-refractivity contribution in [2.45, 2.75) is 6.42 Å². The van der Waals surface area contributed by atoms with Crippen LogP contribution in [0.4, 0.5) is 0 Å². The molecule has 0 aliphatic rings. The van der Waals surface area contributed by atoms with E-state index < -0.39 is 0 Å². The summed E-state index contributed by atoms with van der Waals surface area (Å²) in [7, 11) is 0. The number of rotatable bonds is 2. The van der Waals surface area contributed by atoms with Crippen molar-refractivity contribution in [3.63, 3.8) is 0 Å². The average molecular weight is 193 g/mol. The lowest BCUT2D eigenvalue weighted by Gasteiger charge is -1.88. The third-order valence-corrected chi connectivity index (χ3v) is 2.16. The van der Waals surface area contributed by atoms with Gasteiger partial charge in [0.2, 0.25) is 0 Å². The van der Waals surface area contributed by atoms with Crippen LogP contribution in [0.15, 0.2) is 30.9 Å². The zero-order valence-electron chi connectivity index (χ0n) is 7.05. The van der Waals surface area contributed by atoms with Crippen LogP contribution in [0.5, 0.6) is 0 Å². The highest BCUT2D eigenvalue weighted by Crippen LogP contribution is 2.20. The fourth-order valence-corrected chi connectivity index (χ4v) is 1.50. The number of benzene rings is 1. The Labute approximate surface area is 81.3 Å². The summed E-state index contributed by atoms with van der Waals surface area (Å²) in [5.41, 5.74) is 1.81. The minimum absolute atomic E-state index is 0.684. The number of nitrogens with one attached hydrogen (secondary N) is 1. The van der Waals surface area contributed by atoms with Gasteiger partial charge >= 0.3 is 0 Å². The maximum absolute atomic E-state index is 5.96. The largest absolute Gasteiger partial charge is 0.342 e. The van der Waals surface area contributed by atoms with Crippen molar-refractivity contribution in [3.05, 3.63) is 41.7 Å². The number of aromatic amines is 1. The van der Waals surface area contributed by atoms with Crippen LogP contribution >= 0.6 is 11.6 Å². The van der Waals surface area contributed by atoms with Crippen molar-refractivity contribution in [3.8, 4) is 0 Å². The first-order valence-electron chi connectivity index (χ1n) is 4.05. The van der Waals surface area contributed by atoms with E-state index in [-0.39, 0.29) is 0 Å². The minimum Gasteiger partial charge on any atom is -0.342 e. The van der Waals surface area contributed by atoms with E-state index in [0.717, 1.165) is 23.3 Å². The lowest BCUT2D eigenvalue weighted by atomic mass is 10.3. The molecule has 0 spiro atoms. The van der Waals surface area contributed by atoms with Gasteiger partial charge in [0.1, 0.15) is 11.3 Å². The number of fused-ring (bicyclic) bond motifs is 1. The molecular formula is C10H9ClN2. The van der Waals surface area contributed by atoms with Crippen LogP contribution in [-0.2, 0) is 6.42 Å². The normalized spacial score (nSPS) is 10.5. The maximum atomic E-state index is 5.96. The lowest BCUT2D eigenvalue weighted by molar-refractivity contribution is 1.07. The van der Waals surface area contributed by atoms with Crippen LogP contribution in [0, 0.1) is 0 Å². The predicted molar refractivity (Wildman–Crippen MR) is 55.0 cm³/mol. The molecule has 1 N–H and O–H groups in total. The molecule has 0 unspecified atom stereocenters. The number of halogens is 1. The molecule has 0 saturated heterocycles. The summed E-state index contributed by atoms with van der Waals surface area (Å²) in [5, 5.41) is 0.684. The maximum Gasteiger partial charge on any atom is 0.111 e. The molecule has 3 heteroatoms. The summed E-state index contributed by atoms with van der Waals surface area (Å²) in [6.45, 7) is 3.66. The van der Waals surface area contributed by atoms with Crippen molar-refractivity contribution < 1.29 is 0 Å². The second-order valence-electron chi connectivity index (χ2n) is 2.81. The van der Waals surface area contributed by atoms with Crippen LogP contribution in [0.25, 0.3) is 11.0 Å².